The largest absolute Gasteiger partial charge is 0.494 e. The average Bonchev–Trinajstić information content (AvgIpc) is 3.66. The maximum atomic E-state index is 13.2. The number of aromatic nitrogens is 3. The maximum absolute atomic E-state index is 13.2. The summed E-state index contributed by atoms with van der Waals surface area (Å²) in [5, 5.41) is 5.82. The zero-order valence-electron chi connectivity index (χ0n) is 27.4. The number of amides is 3. The standard InChI is InChI=1S/C34H46N6O6/c1-23-12-11-19-39(23)32(43)30(34(2,3)4)38-29(41)15-8-6-7-9-21-46-24-16-17-25(27(22-24)45-5)37-31(42)26-13-10-14-28(36-26)40-20-18-35-33(40)44/h10,13-14,16-18,20,22-23,30H,6-9,11-12,15,19,21H2,1-5H3,(H,35,44)(H,37,42)(H,38,41). The Morgan fingerprint density at radius 2 is 1.89 bits per heavy atom. The minimum atomic E-state index is -0.532. The molecule has 46 heavy (non-hydrogen) atoms. The quantitative estimate of drug-likeness (QED) is 0.218. The van der Waals surface area contributed by atoms with E-state index in [1.807, 2.05) is 25.7 Å². The minimum Gasteiger partial charge on any atom is -0.494 e. The van der Waals surface area contributed by atoms with E-state index in [1.165, 1.54) is 24.1 Å². The van der Waals surface area contributed by atoms with Gasteiger partial charge in [-0.25, -0.2) is 9.78 Å². The van der Waals surface area contributed by atoms with Crippen LogP contribution < -0.4 is 25.8 Å². The monoisotopic (exact) mass is 634 g/mol. The summed E-state index contributed by atoms with van der Waals surface area (Å²) in [6.07, 6.45) is 8.74. The molecule has 2 atom stereocenters. The van der Waals surface area contributed by atoms with Gasteiger partial charge in [0.15, 0.2) is 0 Å². The SMILES string of the molecule is COc1cc(OCCCCCCC(=O)NC(C(=O)N2CCCC2C)C(C)(C)C)ccc1NC(=O)c1cccc(-n2cc[nH]c2=O)n1. The number of aromatic amines is 1. The third-order valence-electron chi connectivity index (χ3n) is 8.11. The summed E-state index contributed by atoms with van der Waals surface area (Å²) in [4.78, 5) is 59.5. The number of methoxy groups -OCH3 is 1. The Kier molecular flexibility index (Phi) is 11.6. The Morgan fingerprint density at radius 3 is 2.57 bits per heavy atom. The van der Waals surface area contributed by atoms with Crippen LogP contribution in [0.4, 0.5) is 5.69 Å². The number of anilines is 1. The van der Waals surface area contributed by atoms with Gasteiger partial charge in [0.2, 0.25) is 11.8 Å². The fourth-order valence-electron chi connectivity index (χ4n) is 5.48. The molecule has 1 saturated heterocycles. The Morgan fingerprint density at radius 1 is 1.11 bits per heavy atom. The molecular formula is C34H46N6O6. The number of H-pyrrole nitrogens is 1. The molecule has 3 amide bonds. The van der Waals surface area contributed by atoms with Gasteiger partial charge in [0.25, 0.3) is 5.91 Å². The molecule has 0 bridgehead atoms. The number of pyridine rings is 1. The highest BCUT2D eigenvalue weighted by molar-refractivity contribution is 6.03. The number of imidazole rings is 1. The van der Waals surface area contributed by atoms with Crippen molar-refractivity contribution in [3.05, 3.63) is 65.0 Å². The van der Waals surface area contributed by atoms with Gasteiger partial charge in [-0.2, -0.15) is 0 Å². The number of likely N-dealkylation sites (tertiary alicyclic amines) is 1. The van der Waals surface area contributed by atoms with Crippen molar-refractivity contribution in [3.63, 3.8) is 0 Å². The van der Waals surface area contributed by atoms with Crippen molar-refractivity contribution in [1.82, 2.24) is 24.8 Å². The Labute approximate surface area is 269 Å². The lowest BCUT2D eigenvalue weighted by Crippen LogP contribution is -2.55. The number of carbonyl (C=O) groups is 3. The summed E-state index contributed by atoms with van der Waals surface area (Å²) >= 11 is 0. The summed E-state index contributed by atoms with van der Waals surface area (Å²) < 4.78 is 12.7. The van der Waals surface area contributed by atoms with Gasteiger partial charge >= 0.3 is 5.69 Å². The predicted molar refractivity (Wildman–Crippen MR) is 176 cm³/mol. The molecule has 2 aromatic heterocycles. The molecule has 1 aliphatic rings. The van der Waals surface area contributed by atoms with E-state index < -0.39 is 11.9 Å². The second-order valence-corrected chi connectivity index (χ2v) is 12.7. The van der Waals surface area contributed by atoms with E-state index in [4.69, 9.17) is 9.47 Å². The van der Waals surface area contributed by atoms with E-state index in [-0.39, 0.29) is 34.7 Å². The summed E-state index contributed by atoms with van der Waals surface area (Å²) in [5.41, 5.74) is -0.122. The van der Waals surface area contributed by atoms with E-state index >= 15 is 0 Å². The number of unbranched alkanes of at least 4 members (excludes halogenated alkanes) is 3. The van der Waals surface area contributed by atoms with Crippen molar-refractivity contribution in [1.29, 1.82) is 0 Å². The normalized spacial score (nSPS) is 15.3. The van der Waals surface area contributed by atoms with Crippen molar-refractivity contribution in [2.24, 2.45) is 5.41 Å². The van der Waals surface area contributed by atoms with Crippen molar-refractivity contribution < 1.29 is 23.9 Å². The summed E-state index contributed by atoms with van der Waals surface area (Å²) in [5.74, 6) is 0.839. The van der Waals surface area contributed by atoms with E-state index in [2.05, 4.69) is 27.5 Å². The first-order chi connectivity index (χ1) is 22.0. The van der Waals surface area contributed by atoms with Crippen LogP contribution in [0.1, 0.15) is 83.1 Å². The van der Waals surface area contributed by atoms with E-state index in [0.717, 1.165) is 45.1 Å². The van der Waals surface area contributed by atoms with Gasteiger partial charge in [-0.05, 0) is 62.3 Å². The number of benzene rings is 1. The molecule has 1 aliphatic heterocycles. The fraction of sp³-hybridized carbons (Fsp3) is 0.500. The molecule has 12 nitrogen and oxygen atoms in total. The Hall–Kier alpha value is -4.61. The van der Waals surface area contributed by atoms with Crippen LogP contribution in [0.2, 0.25) is 0 Å². The van der Waals surface area contributed by atoms with Gasteiger partial charge in [0.05, 0.1) is 19.4 Å². The zero-order chi connectivity index (χ0) is 33.3. The molecule has 0 spiro atoms. The highest BCUT2D eigenvalue weighted by Gasteiger charge is 2.38. The number of nitrogens with zero attached hydrogens (tertiary/aromatic N) is 3. The molecule has 248 valence electrons. The van der Waals surface area contributed by atoms with Crippen LogP contribution in [0.25, 0.3) is 5.82 Å². The third kappa shape index (κ3) is 8.98. The number of rotatable bonds is 14. The average molecular weight is 635 g/mol. The van der Waals surface area contributed by atoms with Crippen LogP contribution in [0.5, 0.6) is 11.5 Å². The van der Waals surface area contributed by atoms with Crippen LogP contribution in [-0.4, -0.2) is 69.5 Å². The van der Waals surface area contributed by atoms with Crippen molar-refractivity contribution in [2.75, 3.05) is 25.6 Å². The molecule has 0 radical (unpaired) electrons. The summed E-state index contributed by atoms with van der Waals surface area (Å²) in [6.45, 7) is 9.28. The lowest BCUT2D eigenvalue weighted by molar-refractivity contribution is -0.140. The molecule has 4 rings (SSSR count). The van der Waals surface area contributed by atoms with Crippen molar-refractivity contribution in [3.8, 4) is 17.3 Å². The topological polar surface area (TPSA) is 148 Å². The lowest BCUT2D eigenvalue weighted by Gasteiger charge is -2.35. The second-order valence-electron chi connectivity index (χ2n) is 12.7. The van der Waals surface area contributed by atoms with Crippen molar-refractivity contribution >= 4 is 23.4 Å². The van der Waals surface area contributed by atoms with E-state index in [1.54, 1.807) is 36.4 Å². The van der Waals surface area contributed by atoms with Gasteiger partial charge in [-0.1, -0.05) is 39.7 Å². The van der Waals surface area contributed by atoms with Crippen LogP contribution >= 0.6 is 0 Å². The first kappa shape index (κ1) is 34.3. The zero-order valence-corrected chi connectivity index (χ0v) is 27.4. The second kappa shape index (κ2) is 15.6. The maximum Gasteiger partial charge on any atom is 0.331 e. The molecule has 12 heteroatoms. The fourth-order valence-corrected chi connectivity index (χ4v) is 5.48. The van der Waals surface area contributed by atoms with Crippen LogP contribution in [0.3, 0.4) is 0 Å². The number of carbonyl (C=O) groups excluding carboxylic acids is 3. The number of ether oxygens (including phenoxy) is 2. The highest BCUT2D eigenvalue weighted by Crippen LogP contribution is 2.30. The van der Waals surface area contributed by atoms with Gasteiger partial charge in [0, 0.05) is 37.5 Å². The molecule has 0 saturated carbocycles. The summed E-state index contributed by atoms with van der Waals surface area (Å²) in [6, 6.07) is 9.70. The molecular weight excluding hydrogens is 588 g/mol. The molecule has 2 unspecified atom stereocenters. The van der Waals surface area contributed by atoms with Crippen molar-refractivity contribution in [2.45, 2.75) is 84.7 Å². The number of hydrogen-bond acceptors (Lipinski definition) is 7. The van der Waals surface area contributed by atoms with Gasteiger partial charge in [-0.3, -0.25) is 19.0 Å². The molecule has 0 aliphatic carbocycles. The smallest absolute Gasteiger partial charge is 0.331 e. The molecule has 1 fully saturated rings. The number of hydrogen-bond donors (Lipinski definition) is 3. The first-order valence-electron chi connectivity index (χ1n) is 15.9. The molecule has 3 N–H and O–H groups in total. The number of nitrogens with one attached hydrogen (secondary N) is 3. The predicted octanol–water partition coefficient (Wildman–Crippen LogP) is 4.69. The van der Waals surface area contributed by atoms with E-state index in [0.29, 0.717) is 36.0 Å². The summed E-state index contributed by atoms with van der Waals surface area (Å²) in [7, 11) is 1.51. The molecule has 3 aromatic rings. The molecule has 1 aromatic carbocycles. The van der Waals surface area contributed by atoms with Gasteiger partial charge in [0.1, 0.15) is 29.1 Å². The lowest BCUT2D eigenvalue weighted by atomic mass is 9.85. The molecule has 3 heterocycles. The Balaban J connectivity index is 1.19. The van der Waals surface area contributed by atoms with Gasteiger partial charge < -0.3 is 30.0 Å². The minimum absolute atomic E-state index is 0.0179. The van der Waals surface area contributed by atoms with Crippen LogP contribution in [-0.2, 0) is 9.59 Å². The first-order valence-corrected chi connectivity index (χ1v) is 15.9. The van der Waals surface area contributed by atoms with E-state index in [9.17, 15) is 19.2 Å². The highest BCUT2D eigenvalue weighted by atomic mass is 16.5. The third-order valence-corrected chi connectivity index (χ3v) is 8.11. The van der Waals surface area contributed by atoms with Crippen LogP contribution in [0.15, 0.2) is 53.6 Å². The van der Waals surface area contributed by atoms with Crippen LogP contribution in [0, 0.1) is 5.41 Å². The van der Waals surface area contributed by atoms with Gasteiger partial charge in [-0.15, -0.1) is 0 Å². The Bertz CT molecular complexity index is 1560.